The summed E-state index contributed by atoms with van der Waals surface area (Å²) in [6.07, 6.45) is -1.48. The number of aryl methyl sites for hydroxylation is 1. The molecule has 10 nitrogen and oxygen atoms in total. The van der Waals surface area contributed by atoms with E-state index in [1.165, 1.54) is 17.7 Å². The molecule has 0 amide bonds. The second-order valence-electron chi connectivity index (χ2n) is 9.48. The second-order valence-corrected chi connectivity index (χ2v) is 9.48. The highest BCUT2D eigenvalue weighted by Crippen LogP contribution is 2.44. The standard InChI is InChI=1S/C29H31N3O7/c1-20-16-32(28(35)31-26(20)34)27-24(38-21(2)33)25(37-18-23-12-7-4-8-13-23)29(39-27,14-9-15-30)19-36-17-22-10-5-3-6-11-22/h3-8,10-13,16,24-25,27H,9,14,17-19H2,1-2H3,(H,31,34,35)/t24-,25+,27-,29-/m1/s1. The highest BCUT2D eigenvalue weighted by molar-refractivity contribution is 5.66. The molecule has 4 atom stereocenters. The molecule has 1 aliphatic heterocycles. The van der Waals surface area contributed by atoms with Crippen molar-refractivity contribution in [2.24, 2.45) is 0 Å². The predicted molar refractivity (Wildman–Crippen MR) is 140 cm³/mol. The Morgan fingerprint density at radius 2 is 1.72 bits per heavy atom. The van der Waals surface area contributed by atoms with E-state index in [2.05, 4.69) is 11.1 Å². The van der Waals surface area contributed by atoms with Crippen molar-refractivity contribution >= 4 is 5.97 Å². The van der Waals surface area contributed by atoms with Crippen molar-refractivity contribution in [3.8, 4) is 6.07 Å². The maximum absolute atomic E-state index is 12.9. The summed E-state index contributed by atoms with van der Waals surface area (Å²) in [6, 6.07) is 21.1. The molecule has 1 aromatic heterocycles. The van der Waals surface area contributed by atoms with Gasteiger partial charge >= 0.3 is 11.7 Å². The molecule has 2 aromatic carbocycles. The van der Waals surface area contributed by atoms with E-state index in [1.54, 1.807) is 6.92 Å². The molecule has 0 spiro atoms. The molecule has 0 radical (unpaired) electrons. The first kappa shape index (κ1) is 28.0. The van der Waals surface area contributed by atoms with E-state index >= 15 is 0 Å². The number of benzene rings is 2. The van der Waals surface area contributed by atoms with Gasteiger partial charge in [-0.3, -0.25) is 19.1 Å². The summed E-state index contributed by atoms with van der Waals surface area (Å²) in [7, 11) is 0. The van der Waals surface area contributed by atoms with E-state index in [1.807, 2.05) is 60.7 Å². The Morgan fingerprint density at radius 1 is 1.08 bits per heavy atom. The van der Waals surface area contributed by atoms with Gasteiger partial charge in [0, 0.05) is 25.1 Å². The van der Waals surface area contributed by atoms with E-state index in [-0.39, 0.29) is 38.2 Å². The largest absolute Gasteiger partial charge is 0.455 e. The SMILES string of the molecule is CC(=O)O[C@H]1[C@H](n2cc(C)c(=O)[nH]c2=O)O[C@](CCC#N)(COCc2ccccc2)[C@H]1OCc1ccccc1. The summed E-state index contributed by atoms with van der Waals surface area (Å²) in [5, 5.41) is 9.48. The molecule has 4 rings (SSSR count). The molecule has 2 heterocycles. The fourth-order valence-corrected chi connectivity index (χ4v) is 4.71. The normalized spacial score (nSPS) is 22.3. The molecular formula is C29H31N3O7. The van der Waals surface area contributed by atoms with Gasteiger partial charge in [-0.15, -0.1) is 0 Å². The average molecular weight is 534 g/mol. The number of H-pyrrole nitrogens is 1. The number of hydrogen-bond acceptors (Lipinski definition) is 8. The third-order valence-electron chi connectivity index (χ3n) is 6.57. The van der Waals surface area contributed by atoms with Gasteiger partial charge < -0.3 is 18.9 Å². The third-order valence-corrected chi connectivity index (χ3v) is 6.57. The quantitative estimate of drug-likeness (QED) is 0.372. The van der Waals surface area contributed by atoms with Crippen molar-refractivity contribution < 1.29 is 23.7 Å². The second kappa shape index (κ2) is 12.7. The van der Waals surface area contributed by atoms with Gasteiger partial charge in [-0.1, -0.05) is 60.7 Å². The molecule has 0 unspecified atom stereocenters. The molecule has 1 aliphatic rings. The van der Waals surface area contributed by atoms with E-state index < -0.39 is 41.3 Å². The molecule has 10 heteroatoms. The van der Waals surface area contributed by atoms with Crippen molar-refractivity contribution in [2.75, 3.05) is 6.61 Å². The fourth-order valence-electron chi connectivity index (χ4n) is 4.71. The van der Waals surface area contributed by atoms with Crippen LogP contribution in [0.2, 0.25) is 0 Å². The number of carbonyl (C=O) groups is 1. The third kappa shape index (κ3) is 6.70. The summed E-state index contributed by atoms with van der Waals surface area (Å²) in [5.74, 6) is -0.600. The number of nitrogens with one attached hydrogen (secondary N) is 1. The first-order valence-corrected chi connectivity index (χ1v) is 12.6. The number of rotatable bonds is 11. The maximum atomic E-state index is 12.9. The Morgan fingerprint density at radius 3 is 2.33 bits per heavy atom. The Labute approximate surface area is 225 Å². The number of esters is 1. The number of nitrogens with zero attached hydrogens (tertiary/aromatic N) is 2. The Bertz CT molecular complexity index is 1410. The summed E-state index contributed by atoms with van der Waals surface area (Å²) < 4.78 is 25.9. The minimum Gasteiger partial charge on any atom is -0.455 e. The van der Waals surface area contributed by atoms with Crippen LogP contribution < -0.4 is 11.2 Å². The van der Waals surface area contributed by atoms with Crippen LogP contribution in [0.25, 0.3) is 0 Å². The first-order chi connectivity index (χ1) is 18.8. The van der Waals surface area contributed by atoms with E-state index in [4.69, 9.17) is 18.9 Å². The summed E-state index contributed by atoms with van der Waals surface area (Å²) in [4.78, 5) is 39.5. The number of aromatic nitrogens is 2. The van der Waals surface area contributed by atoms with Gasteiger partial charge in [0.05, 0.1) is 25.9 Å². The molecule has 0 aliphatic carbocycles. The maximum Gasteiger partial charge on any atom is 0.330 e. The lowest BCUT2D eigenvalue weighted by Crippen LogP contribution is -2.49. The average Bonchev–Trinajstić information content (AvgIpc) is 3.21. The smallest absolute Gasteiger partial charge is 0.330 e. The number of carbonyl (C=O) groups excluding carboxylic acids is 1. The first-order valence-electron chi connectivity index (χ1n) is 12.6. The lowest BCUT2D eigenvalue weighted by atomic mass is 9.90. The number of aromatic amines is 1. The monoisotopic (exact) mass is 533 g/mol. The number of ether oxygens (including phenoxy) is 4. The zero-order valence-corrected chi connectivity index (χ0v) is 21.9. The van der Waals surface area contributed by atoms with Gasteiger partial charge in [0.15, 0.2) is 12.3 Å². The lowest BCUT2D eigenvalue weighted by Gasteiger charge is -2.34. The molecule has 1 saturated heterocycles. The van der Waals surface area contributed by atoms with Crippen molar-refractivity contribution in [3.05, 3.63) is 104 Å². The van der Waals surface area contributed by atoms with Crippen LogP contribution in [-0.2, 0) is 37.0 Å². The molecular weight excluding hydrogens is 502 g/mol. The highest BCUT2D eigenvalue weighted by atomic mass is 16.6. The van der Waals surface area contributed by atoms with Gasteiger partial charge in [-0.25, -0.2) is 4.79 Å². The van der Waals surface area contributed by atoms with Crippen molar-refractivity contribution in [1.29, 1.82) is 5.26 Å². The van der Waals surface area contributed by atoms with Crippen molar-refractivity contribution in [3.63, 3.8) is 0 Å². The van der Waals surface area contributed by atoms with Gasteiger partial charge in [-0.05, 0) is 24.5 Å². The molecule has 0 saturated carbocycles. The Hall–Kier alpha value is -4.04. The number of nitriles is 1. The van der Waals surface area contributed by atoms with Crippen LogP contribution in [0.1, 0.15) is 42.7 Å². The minimum atomic E-state index is -1.26. The van der Waals surface area contributed by atoms with Crippen LogP contribution in [0.15, 0.2) is 76.4 Å². The summed E-state index contributed by atoms with van der Waals surface area (Å²) in [5.41, 5.74) is -0.426. The number of hydrogen-bond donors (Lipinski definition) is 1. The zero-order chi connectivity index (χ0) is 27.8. The molecule has 1 N–H and O–H groups in total. The summed E-state index contributed by atoms with van der Waals surface area (Å²) in [6.45, 7) is 3.23. The van der Waals surface area contributed by atoms with Crippen LogP contribution >= 0.6 is 0 Å². The van der Waals surface area contributed by atoms with Crippen LogP contribution in [0, 0.1) is 18.3 Å². The fraction of sp³-hybridized carbons (Fsp3) is 0.379. The molecule has 1 fully saturated rings. The van der Waals surface area contributed by atoms with Gasteiger partial charge in [-0.2, -0.15) is 5.26 Å². The van der Waals surface area contributed by atoms with Crippen LogP contribution in [0.4, 0.5) is 0 Å². The summed E-state index contributed by atoms with van der Waals surface area (Å²) >= 11 is 0. The van der Waals surface area contributed by atoms with Crippen LogP contribution in [0.3, 0.4) is 0 Å². The van der Waals surface area contributed by atoms with Gasteiger partial charge in [0.25, 0.3) is 5.56 Å². The lowest BCUT2D eigenvalue weighted by molar-refractivity contribution is -0.162. The van der Waals surface area contributed by atoms with Crippen molar-refractivity contribution in [2.45, 2.75) is 63.9 Å². The minimum absolute atomic E-state index is 0.00557. The van der Waals surface area contributed by atoms with Crippen molar-refractivity contribution in [1.82, 2.24) is 9.55 Å². The zero-order valence-electron chi connectivity index (χ0n) is 21.9. The van der Waals surface area contributed by atoms with Crippen LogP contribution in [0.5, 0.6) is 0 Å². The predicted octanol–water partition coefficient (Wildman–Crippen LogP) is 3.15. The molecule has 204 valence electrons. The molecule has 39 heavy (non-hydrogen) atoms. The van der Waals surface area contributed by atoms with E-state index in [0.717, 1.165) is 11.1 Å². The van der Waals surface area contributed by atoms with E-state index in [0.29, 0.717) is 0 Å². The topological polar surface area (TPSA) is 133 Å². The van der Waals surface area contributed by atoms with Crippen LogP contribution in [-0.4, -0.2) is 39.9 Å². The Balaban J connectivity index is 1.75. The van der Waals surface area contributed by atoms with Gasteiger partial charge in [0.1, 0.15) is 11.7 Å². The molecule has 0 bridgehead atoms. The molecule has 3 aromatic rings. The Kier molecular flexibility index (Phi) is 9.09. The van der Waals surface area contributed by atoms with Gasteiger partial charge in [0.2, 0.25) is 0 Å². The highest BCUT2D eigenvalue weighted by Gasteiger charge is 2.58. The van der Waals surface area contributed by atoms with E-state index in [9.17, 15) is 19.6 Å².